The quantitative estimate of drug-likeness (QED) is 0.284. The Labute approximate surface area is 263 Å². The van der Waals surface area contributed by atoms with E-state index in [2.05, 4.69) is 25.7 Å². The molecule has 1 spiro atoms. The van der Waals surface area contributed by atoms with E-state index >= 15 is 0 Å². The molecule has 1 unspecified atom stereocenters. The summed E-state index contributed by atoms with van der Waals surface area (Å²) in [4.78, 5) is 37.9. The van der Waals surface area contributed by atoms with E-state index in [1.54, 1.807) is 17.0 Å². The highest BCUT2D eigenvalue weighted by Crippen LogP contribution is 2.42. The van der Waals surface area contributed by atoms with Gasteiger partial charge in [-0.15, -0.1) is 0 Å². The van der Waals surface area contributed by atoms with E-state index in [-0.39, 0.29) is 45.5 Å². The molecule has 1 aromatic carbocycles. The first-order valence-electron chi connectivity index (χ1n) is 14.5. The van der Waals surface area contributed by atoms with Crippen molar-refractivity contribution in [2.24, 2.45) is 5.41 Å². The number of anilines is 2. The first-order valence-corrected chi connectivity index (χ1v) is 14.9. The summed E-state index contributed by atoms with van der Waals surface area (Å²) in [6.45, 7) is 2.20. The summed E-state index contributed by atoms with van der Waals surface area (Å²) >= 11 is 6.51. The number of hydrogen-bond donors (Lipinski definition) is 2. The van der Waals surface area contributed by atoms with Crippen molar-refractivity contribution in [2.75, 3.05) is 38.0 Å². The molecule has 7 rings (SSSR count). The van der Waals surface area contributed by atoms with Gasteiger partial charge in [0.2, 0.25) is 5.91 Å². The number of benzene rings is 1. The maximum atomic E-state index is 13.7. The summed E-state index contributed by atoms with van der Waals surface area (Å²) in [6.07, 6.45) is -1.11. The lowest BCUT2D eigenvalue weighted by atomic mass is 9.72. The van der Waals surface area contributed by atoms with Crippen molar-refractivity contribution in [3.63, 3.8) is 0 Å². The standard InChI is InChI=1S/C29H27ClF5N9O2/c30-19-8-16(3-4-17(19)26(45)41-12-28(13-41)14-42(15-28)27(46)20-2-1-5-36-20)39-24-25-38-9-21(44(25)7-6-37-24)18-10-43(11-22(31)32)40-23(18)29(33,34)35/h3-4,6-10,20,22,36H,1-2,5,11-15H2,(H,37,39). The molecule has 2 N–H and O–H groups in total. The van der Waals surface area contributed by atoms with Gasteiger partial charge >= 0.3 is 6.18 Å². The predicted molar refractivity (Wildman–Crippen MR) is 156 cm³/mol. The highest BCUT2D eigenvalue weighted by Gasteiger charge is 2.55. The van der Waals surface area contributed by atoms with Crippen LogP contribution >= 0.6 is 11.6 Å². The summed E-state index contributed by atoms with van der Waals surface area (Å²) in [6, 6.07) is 4.63. The van der Waals surface area contributed by atoms with Crippen molar-refractivity contribution in [2.45, 2.75) is 38.0 Å². The number of carbonyl (C=O) groups excluding carboxylic acids is 2. The SMILES string of the molecule is O=C(c1ccc(Nc2nccn3c(-c4cn(CC(F)F)nc4C(F)(F)F)cnc23)cc1Cl)N1CC2(C1)CN(C(=O)C1CCCN1)C2. The average Bonchev–Trinajstić information content (AvgIpc) is 3.71. The fourth-order valence-electron chi connectivity index (χ4n) is 6.48. The van der Waals surface area contributed by atoms with Crippen molar-refractivity contribution in [3.05, 3.63) is 59.3 Å². The number of halogens is 6. The molecule has 242 valence electrons. The first kappa shape index (κ1) is 30.3. The monoisotopic (exact) mass is 663 g/mol. The summed E-state index contributed by atoms with van der Waals surface area (Å²) in [7, 11) is 0. The molecule has 6 heterocycles. The van der Waals surface area contributed by atoms with Gasteiger partial charge in [0, 0.05) is 55.9 Å². The number of fused-ring (bicyclic) bond motifs is 1. The smallest absolute Gasteiger partial charge is 0.340 e. The number of alkyl halides is 5. The van der Waals surface area contributed by atoms with E-state index < -0.39 is 30.4 Å². The van der Waals surface area contributed by atoms with Crippen LogP contribution in [0.25, 0.3) is 16.9 Å². The van der Waals surface area contributed by atoms with Crippen LogP contribution in [-0.2, 0) is 17.5 Å². The van der Waals surface area contributed by atoms with Crippen LogP contribution < -0.4 is 10.6 Å². The predicted octanol–water partition coefficient (Wildman–Crippen LogP) is 4.31. The minimum absolute atomic E-state index is 0.0197. The molecule has 11 nitrogen and oxygen atoms in total. The molecule has 0 radical (unpaired) electrons. The Balaban J connectivity index is 1.04. The number of likely N-dealkylation sites (tertiary alicyclic amines) is 2. The zero-order valence-corrected chi connectivity index (χ0v) is 24.8. The van der Waals surface area contributed by atoms with Gasteiger partial charge in [-0.2, -0.15) is 18.3 Å². The topological polar surface area (TPSA) is 113 Å². The van der Waals surface area contributed by atoms with Crippen LogP contribution in [0.3, 0.4) is 0 Å². The lowest BCUT2D eigenvalue weighted by molar-refractivity contribution is -0.156. The summed E-state index contributed by atoms with van der Waals surface area (Å²) in [5, 5.41) is 9.79. The number of rotatable bonds is 7. The van der Waals surface area contributed by atoms with Crippen LogP contribution in [0.4, 0.5) is 33.5 Å². The van der Waals surface area contributed by atoms with Crippen LogP contribution in [0, 0.1) is 5.41 Å². The fraction of sp³-hybridized carbons (Fsp3) is 0.414. The number of nitrogens with zero attached hydrogens (tertiary/aromatic N) is 7. The van der Waals surface area contributed by atoms with Crippen molar-refractivity contribution >= 4 is 40.6 Å². The lowest BCUT2D eigenvalue weighted by Crippen LogP contribution is -2.74. The van der Waals surface area contributed by atoms with Crippen molar-refractivity contribution in [3.8, 4) is 11.3 Å². The Morgan fingerprint density at radius 1 is 1.13 bits per heavy atom. The molecular formula is C29H27ClF5N9O2. The zero-order valence-electron chi connectivity index (χ0n) is 24.1. The van der Waals surface area contributed by atoms with E-state index in [0.717, 1.165) is 25.6 Å². The lowest BCUT2D eigenvalue weighted by Gasteiger charge is -2.60. The summed E-state index contributed by atoms with van der Waals surface area (Å²) in [5.74, 6) is 0.0808. The van der Waals surface area contributed by atoms with Gasteiger partial charge in [0.15, 0.2) is 17.2 Å². The highest BCUT2D eigenvalue weighted by molar-refractivity contribution is 6.34. The van der Waals surface area contributed by atoms with Gasteiger partial charge in [-0.05, 0) is 37.6 Å². The number of aromatic nitrogens is 5. The Morgan fingerprint density at radius 2 is 1.89 bits per heavy atom. The molecule has 0 saturated carbocycles. The average molecular weight is 664 g/mol. The maximum absolute atomic E-state index is 13.7. The van der Waals surface area contributed by atoms with Crippen molar-refractivity contribution in [1.82, 2.24) is 39.3 Å². The second kappa shape index (κ2) is 11.2. The van der Waals surface area contributed by atoms with Crippen LogP contribution in [0.2, 0.25) is 5.02 Å². The second-order valence-electron chi connectivity index (χ2n) is 11.9. The fourth-order valence-corrected chi connectivity index (χ4v) is 6.74. The normalized spacial score (nSPS) is 19.2. The Kier molecular flexibility index (Phi) is 7.38. The van der Waals surface area contributed by atoms with Gasteiger partial charge in [0.05, 0.1) is 34.1 Å². The van der Waals surface area contributed by atoms with Crippen LogP contribution in [0.1, 0.15) is 28.9 Å². The molecule has 17 heteroatoms. The minimum atomic E-state index is -4.89. The molecule has 0 aliphatic carbocycles. The highest BCUT2D eigenvalue weighted by atomic mass is 35.5. The number of imidazole rings is 1. The number of nitrogens with one attached hydrogen (secondary N) is 2. The van der Waals surface area contributed by atoms with Gasteiger partial charge in [0.25, 0.3) is 12.3 Å². The van der Waals surface area contributed by atoms with Crippen molar-refractivity contribution < 1.29 is 31.5 Å². The molecule has 46 heavy (non-hydrogen) atoms. The van der Waals surface area contributed by atoms with Crippen LogP contribution in [-0.4, -0.2) is 91.0 Å². The van der Waals surface area contributed by atoms with E-state index in [9.17, 15) is 31.5 Å². The molecule has 4 aromatic rings. The molecule has 3 aliphatic rings. The third-order valence-corrected chi connectivity index (χ3v) is 8.90. The second-order valence-corrected chi connectivity index (χ2v) is 12.3. The number of hydrogen-bond acceptors (Lipinski definition) is 7. The van der Waals surface area contributed by atoms with Crippen LogP contribution in [0.5, 0.6) is 0 Å². The maximum Gasteiger partial charge on any atom is 0.435 e. The van der Waals surface area contributed by atoms with Gasteiger partial charge in [-0.1, -0.05) is 11.6 Å². The summed E-state index contributed by atoms with van der Waals surface area (Å²) < 4.78 is 68.9. The molecule has 3 aliphatic heterocycles. The summed E-state index contributed by atoms with van der Waals surface area (Å²) in [5.41, 5.74) is -0.914. The number of amides is 2. The first-order chi connectivity index (χ1) is 21.9. The Hall–Kier alpha value is -4.31. The molecule has 0 bridgehead atoms. The van der Waals surface area contributed by atoms with Gasteiger partial charge in [-0.25, -0.2) is 18.7 Å². The molecular weight excluding hydrogens is 637 g/mol. The van der Waals surface area contributed by atoms with Gasteiger partial charge in [-0.3, -0.25) is 18.7 Å². The van der Waals surface area contributed by atoms with Crippen molar-refractivity contribution in [1.29, 1.82) is 0 Å². The van der Waals surface area contributed by atoms with Gasteiger partial charge in [0.1, 0.15) is 6.54 Å². The molecule has 3 aromatic heterocycles. The minimum Gasteiger partial charge on any atom is -0.340 e. The Morgan fingerprint density at radius 3 is 2.57 bits per heavy atom. The molecule has 1 atom stereocenters. The Bertz CT molecular complexity index is 1820. The van der Waals surface area contributed by atoms with Gasteiger partial charge < -0.3 is 20.4 Å². The number of carbonyl (C=O) groups is 2. The van der Waals surface area contributed by atoms with E-state index in [4.69, 9.17) is 11.6 Å². The van der Waals surface area contributed by atoms with E-state index in [1.165, 1.54) is 29.1 Å². The third-order valence-electron chi connectivity index (χ3n) is 8.58. The van der Waals surface area contributed by atoms with Crippen LogP contribution in [0.15, 0.2) is 43.0 Å². The largest absolute Gasteiger partial charge is 0.435 e. The van der Waals surface area contributed by atoms with E-state index in [0.29, 0.717) is 42.1 Å². The molecule has 2 amide bonds. The van der Waals surface area contributed by atoms with E-state index in [1.807, 2.05) is 4.90 Å². The zero-order chi connectivity index (χ0) is 32.4. The third kappa shape index (κ3) is 5.42. The molecule has 3 fully saturated rings. The molecule has 3 saturated heterocycles.